The summed E-state index contributed by atoms with van der Waals surface area (Å²) in [6.07, 6.45) is 3.54. The lowest BCUT2D eigenvalue weighted by atomic mass is 10.0. The van der Waals surface area contributed by atoms with Gasteiger partial charge in [0, 0.05) is 30.7 Å². The molecule has 2 amide bonds. The van der Waals surface area contributed by atoms with Gasteiger partial charge in [-0.3, -0.25) is 9.59 Å². The van der Waals surface area contributed by atoms with E-state index in [9.17, 15) is 9.59 Å². The summed E-state index contributed by atoms with van der Waals surface area (Å²) < 4.78 is 1.70. The minimum absolute atomic E-state index is 0.0194. The lowest BCUT2D eigenvalue weighted by Gasteiger charge is -2.32. The van der Waals surface area contributed by atoms with Gasteiger partial charge in [0.2, 0.25) is 5.91 Å². The van der Waals surface area contributed by atoms with E-state index in [4.69, 9.17) is 11.6 Å². The maximum Gasteiger partial charge on any atom is 0.271 e. The molecule has 0 bridgehead atoms. The van der Waals surface area contributed by atoms with Crippen LogP contribution >= 0.6 is 11.6 Å². The number of aryl methyl sites for hydroxylation is 2. The maximum absolute atomic E-state index is 12.8. The van der Waals surface area contributed by atoms with Crippen LogP contribution in [0.3, 0.4) is 0 Å². The molecule has 0 spiro atoms. The standard InChI is InChI=1S/C20H24ClN5O2/c1-12-11-13(2)26(24-12)17-6-5-16(21)18(23-17)19(27)22-15-7-9-25(10-8-15)20(28)14-3-4-14/h5-6,11,14-15H,3-4,7-10H2,1-2H3,(H,22,27). The summed E-state index contributed by atoms with van der Waals surface area (Å²) in [4.78, 5) is 31.3. The molecule has 8 heteroatoms. The van der Waals surface area contributed by atoms with Crippen molar-refractivity contribution >= 4 is 23.4 Å². The molecule has 2 aliphatic rings. The van der Waals surface area contributed by atoms with Crippen LogP contribution in [-0.4, -0.2) is 50.6 Å². The Balaban J connectivity index is 1.43. The van der Waals surface area contributed by atoms with Gasteiger partial charge in [-0.15, -0.1) is 0 Å². The molecule has 7 nitrogen and oxygen atoms in total. The first-order chi connectivity index (χ1) is 13.4. The minimum Gasteiger partial charge on any atom is -0.348 e. The summed E-state index contributed by atoms with van der Waals surface area (Å²) in [6, 6.07) is 5.39. The Morgan fingerprint density at radius 1 is 1.14 bits per heavy atom. The number of carbonyl (C=O) groups is 2. The second-order valence-electron chi connectivity index (χ2n) is 7.69. The average molecular weight is 402 g/mol. The molecule has 2 aromatic heterocycles. The zero-order chi connectivity index (χ0) is 19.8. The molecule has 0 aromatic carbocycles. The molecule has 1 N–H and O–H groups in total. The van der Waals surface area contributed by atoms with Crippen molar-refractivity contribution in [3.63, 3.8) is 0 Å². The van der Waals surface area contributed by atoms with Crippen molar-refractivity contribution in [2.45, 2.75) is 45.6 Å². The molecule has 0 radical (unpaired) electrons. The average Bonchev–Trinajstić information content (AvgIpc) is 3.46. The second kappa shape index (κ2) is 7.54. The number of pyridine rings is 1. The first-order valence-corrected chi connectivity index (χ1v) is 10.1. The molecule has 1 saturated carbocycles. The lowest BCUT2D eigenvalue weighted by Crippen LogP contribution is -2.47. The molecular weight excluding hydrogens is 378 g/mol. The summed E-state index contributed by atoms with van der Waals surface area (Å²) in [5.41, 5.74) is 2.02. The molecule has 3 heterocycles. The molecule has 4 rings (SSSR count). The number of nitrogens with one attached hydrogen (secondary N) is 1. The van der Waals surface area contributed by atoms with Gasteiger partial charge in [0.05, 0.1) is 10.7 Å². The molecule has 2 fully saturated rings. The smallest absolute Gasteiger partial charge is 0.271 e. The quantitative estimate of drug-likeness (QED) is 0.854. The first kappa shape index (κ1) is 18.9. The van der Waals surface area contributed by atoms with Crippen LogP contribution in [0.25, 0.3) is 5.82 Å². The van der Waals surface area contributed by atoms with Gasteiger partial charge in [0.15, 0.2) is 5.82 Å². The van der Waals surface area contributed by atoms with E-state index >= 15 is 0 Å². The molecule has 148 valence electrons. The van der Waals surface area contributed by atoms with Gasteiger partial charge < -0.3 is 10.2 Å². The van der Waals surface area contributed by atoms with Crippen molar-refractivity contribution < 1.29 is 9.59 Å². The monoisotopic (exact) mass is 401 g/mol. The van der Waals surface area contributed by atoms with E-state index in [-0.39, 0.29) is 29.5 Å². The van der Waals surface area contributed by atoms with Crippen molar-refractivity contribution in [2.24, 2.45) is 5.92 Å². The third kappa shape index (κ3) is 3.90. The molecule has 1 aliphatic carbocycles. The van der Waals surface area contributed by atoms with Crippen LogP contribution in [0.15, 0.2) is 18.2 Å². The van der Waals surface area contributed by atoms with Crippen LogP contribution < -0.4 is 5.32 Å². The molecule has 1 saturated heterocycles. The van der Waals surface area contributed by atoms with E-state index in [1.807, 2.05) is 24.8 Å². The van der Waals surface area contributed by atoms with E-state index in [0.29, 0.717) is 23.9 Å². The molecule has 1 aliphatic heterocycles. The first-order valence-electron chi connectivity index (χ1n) is 9.72. The number of likely N-dealkylation sites (tertiary alicyclic amines) is 1. The number of hydrogen-bond donors (Lipinski definition) is 1. The Labute approximate surface area is 169 Å². The van der Waals surface area contributed by atoms with Gasteiger partial charge in [-0.1, -0.05) is 11.6 Å². The normalized spacial score (nSPS) is 17.6. The minimum atomic E-state index is -0.291. The molecule has 0 atom stereocenters. The SMILES string of the molecule is Cc1cc(C)n(-c2ccc(Cl)c(C(=O)NC3CCN(C(=O)C4CC4)CC3)n2)n1. The lowest BCUT2D eigenvalue weighted by molar-refractivity contribution is -0.133. The topological polar surface area (TPSA) is 80.1 Å². The molecule has 0 unspecified atom stereocenters. The Kier molecular flexibility index (Phi) is 5.10. The number of aromatic nitrogens is 3. The van der Waals surface area contributed by atoms with Crippen LogP contribution in [-0.2, 0) is 4.79 Å². The van der Waals surface area contributed by atoms with Gasteiger partial charge in [0.1, 0.15) is 5.69 Å². The zero-order valence-corrected chi connectivity index (χ0v) is 16.9. The van der Waals surface area contributed by atoms with Gasteiger partial charge in [-0.2, -0.15) is 5.10 Å². The highest BCUT2D eigenvalue weighted by atomic mass is 35.5. The number of carbonyl (C=O) groups excluding carboxylic acids is 2. The Morgan fingerprint density at radius 2 is 1.86 bits per heavy atom. The van der Waals surface area contributed by atoms with Crippen LogP contribution in [0.5, 0.6) is 0 Å². The van der Waals surface area contributed by atoms with Crippen molar-refractivity contribution in [1.29, 1.82) is 0 Å². The maximum atomic E-state index is 12.8. The van der Waals surface area contributed by atoms with E-state index in [0.717, 1.165) is 37.1 Å². The van der Waals surface area contributed by atoms with Crippen molar-refractivity contribution in [3.05, 3.63) is 40.3 Å². The summed E-state index contributed by atoms with van der Waals surface area (Å²) in [5, 5.41) is 7.75. The predicted molar refractivity (Wildman–Crippen MR) is 106 cm³/mol. The van der Waals surface area contributed by atoms with E-state index in [1.165, 1.54) is 0 Å². The van der Waals surface area contributed by atoms with Crippen molar-refractivity contribution in [2.75, 3.05) is 13.1 Å². The number of rotatable bonds is 4. The van der Waals surface area contributed by atoms with Gasteiger partial charge in [-0.05, 0) is 57.7 Å². The fourth-order valence-electron chi connectivity index (χ4n) is 3.66. The van der Waals surface area contributed by atoms with Crippen molar-refractivity contribution in [1.82, 2.24) is 25.0 Å². The molecular formula is C20H24ClN5O2. The highest BCUT2D eigenvalue weighted by Crippen LogP contribution is 2.32. The van der Waals surface area contributed by atoms with E-state index < -0.39 is 0 Å². The third-order valence-corrected chi connectivity index (χ3v) is 5.65. The largest absolute Gasteiger partial charge is 0.348 e. The summed E-state index contributed by atoms with van der Waals surface area (Å²) in [5.74, 6) is 0.781. The molecule has 2 aromatic rings. The second-order valence-corrected chi connectivity index (χ2v) is 8.09. The number of halogens is 1. The number of nitrogens with zero attached hydrogens (tertiary/aromatic N) is 4. The summed E-state index contributed by atoms with van der Waals surface area (Å²) in [7, 11) is 0. The van der Waals surface area contributed by atoms with E-state index in [2.05, 4.69) is 15.4 Å². The number of piperidine rings is 1. The van der Waals surface area contributed by atoms with Crippen LogP contribution in [0.2, 0.25) is 5.02 Å². The van der Waals surface area contributed by atoms with Gasteiger partial charge in [-0.25, -0.2) is 9.67 Å². The highest BCUT2D eigenvalue weighted by Gasteiger charge is 2.35. The highest BCUT2D eigenvalue weighted by molar-refractivity contribution is 6.33. The summed E-state index contributed by atoms with van der Waals surface area (Å²) >= 11 is 6.24. The van der Waals surface area contributed by atoms with E-state index in [1.54, 1.807) is 16.8 Å². The Morgan fingerprint density at radius 3 is 2.46 bits per heavy atom. The Bertz CT molecular complexity index is 913. The van der Waals surface area contributed by atoms with Crippen LogP contribution in [0.4, 0.5) is 0 Å². The fraction of sp³-hybridized carbons (Fsp3) is 0.500. The van der Waals surface area contributed by atoms with Gasteiger partial charge in [0.25, 0.3) is 5.91 Å². The number of hydrogen-bond acceptors (Lipinski definition) is 4. The van der Waals surface area contributed by atoms with Crippen LogP contribution in [0.1, 0.15) is 47.6 Å². The zero-order valence-electron chi connectivity index (χ0n) is 16.1. The van der Waals surface area contributed by atoms with Gasteiger partial charge >= 0.3 is 0 Å². The fourth-order valence-corrected chi connectivity index (χ4v) is 3.85. The summed E-state index contributed by atoms with van der Waals surface area (Å²) in [6.45, 7) is 5.22. The van der Waals surface area contributed by atoms with Crippen molar-refractivity contribution in [3.8, 4) is 5.82 Å². The molecule has 28 heavy (non-hydrogen) atoms. The number of amides is 2. The van der Waals surface area contributed by atoms with Crippen LogP contribution in [0, 0.1) is 19.8 Å². The predicted octanol–water partition coefficient (Wildman–Crippen LogP) is 2.67. The Hall–Kier alpha value is -2.41. The third-order valence-electron chi connectivity index (χ3n) is 5.34.